The summed E-state index contributed by atoms with van der Waals surface area (Å²) in [6.45, 7) is 2.09. The van der Waals surface area contributed by atoms with E-state index in [-0.39, 0.29) is 5.69 Å². The largest absolute Gasteiger partial charge is 0.296 e. The van der Waals surface area contributed by atoms with Crippen molar-refractivity contribution in [2.75, 3.05) is 5.32 Å². The van der Waals surface area contributed by atoms with Crippen LogP contribution in [0.2, 0.25) is 0 Å². The zero-order valence-corrected chi connectivity index (χ0v) is 16.4. The van der Waals surface area contributed by atoms with E-state index in [1.807, 2.05) is 18.2 Å². The Morgan fingerprint density at radius 3 is 2.90 bits per heavy atom. The monoisotopic (exact) mass is 408 g/mol. The van der Waals surface area contributed by atoms with Crippen LogP contribution in [0, 0.1) is 5.82 Å². The van der Waals surface area contributed by atoms with Gasteiger partial charge in [-0.15, -0.1) is 16.4 Å². The van der Waals surface area contributed by atoms with Crippen LogP contribution in [0.5, 0.6) is 0 Å². The minimum Gasteiger partial charge on any atom is -0.296 e. The van der Waals surface area contributed by atoms with Gasteiger partial charge < -0.3 is 0 Å². The zero-order chi connectivity index (χ0) is 20.2. The third-order valence-corrected chi connectivity index (χ3v) is 5.17. The molecular formula is C20H17FN6OS. The fourth-order valence-corrected chi connectivity index (χ4v) is 3.92. The van der Waals surface area contributed by atoms with Gasteiger partial charge in [0.1, 0.15) is 11.5 Å². The highest BCUT2D eigenvalue weighted by Crippen LogP contribution is 2.31. The number of anilines is 1. The summed E-state index contributed by atoms with van der Waals surface area (Å²) in [4.78, 5) is 22.8. The van der Waals surface area contributed by atoms with Gasteiger partial charge in [-0.2, -0.15) is 0 Å². The second-order valence-electron chi connectivity index (χ2n) is 6.22. The Morgan fingerprint density at radius 2 is 2.14 bits per heavy atom. The number of nitrogens with zero attached hydrogens (tertiary/aromatic N) is 5. The van der Waals surface area contributed by atoms with Gasteiger partial charge in [-0.1, -0.05) is 30.7 Å². The molecule has 3 heterocycles. The van der Waals surface area contributed by atoms with Gasteiger partial charge in [0.2, 0.25) is 0 Å². The number of carbonyl (C=O) groups excluding carboxylic acids is 1. The fraction of sp³-hybridized carbons (Fsp3) is 0.150. The van der Waals surface area contributed by atoms with E-state index in [4.69, 9.17) is 0 Å². The Morgan fingerprint density at radius 1 is 1.24 bits per heavy atom. The topological polar surface area (TPSA) is 85.6 Å². The maximum Gasteiger partial charge on any atom is 0.277 e. The summed E-state index contributed by atoms with van der Waals surface area (Å²) in [6.07, 6.45) is 4.83. The van der Waals surface area contributed by atoms with Gasteiger partial charge >= 0.3 is 0 Å². The normalized spacial score (nSPS) is 10.8. The number of pyridine rings is 1. The van der Waals surface area contributed by atoms with Crippen LogP contribution in [-0.2, 0) is 6.42 Å². The minimum absolute atomic E-state index is 0.183. The molecule has 1 N–H and O–H groups in total. The van der Waals surface area contributed by atoms with Crippen LogP contribution in [0.4, 0.5) is 9.52 Å². The van der Waals surface area contributed by atoms with E-state index in [2.05, 4.69) is 32.5 Å². The number of amides is 1. The van der Waals surface area contributed by atoms with Gasteiger partial charge in [-0.3, -0.25) is 15.1 Å². The highest BCUT2D eigenvalue weighted by molar-refractivity contribution is 7.16. The molecular weight excluding hydrogens is 391 g/mol. The predicted molar refractivity (Wildman–Crippen MR) is 109 cm³/mol. The quantitative estimate of drug-likeness (QED) is 0.518. The van der Waals surface area contributed by atoms with Crippen molar-refractivity contribution in [2.45, 2.75) is 19.8 Å². The number of carbonyl (C=O) groups is 1. The summed E-state index contributed by atoms with van der Waals surface area (Å²) in [5.74, 6) is -0.850. The molecule has 0 saturated carbocycles. The van der Waals surface area contributed by atoms with Gasteiger partial charge in [-0.25, -0.2) is 14.1 Å². The molecule has 0 aliphatic heterocycles. The molecule has 0 atom stereocenters. The van der Waals surface area contributed by atoms with Gasteiger partial charge in [0.15, 0.2) is 10.8 Å². The summed E-state index contributed by atoms with van der Waals surface area (Å²) in [6, 6.07) is 11.4. The number of hydrogen-bond acceptors (Lipinski definition) is 6. The van der Waals surface area contributed by atoms with Crippen LogP contribution >= 0.6 is 11.3 Å². The molecule has 146 valence electrons. The van der Waals surface area contributed by atoms with E-state index in [1.165, 1.54) is 34.3 Å². The first kappa shape index (κ1) is 18.9. The third-order valence-electron chi connectivity index (χ3n) is 4.14. The molecule has 3 aromatic heterocycles. The maximum absolute atomic E-state index is 13.5. The smallest absolute Gasteiger partial charge is 0.277 e. The molecule has 0 bridgehead atoms. The van der Waals surface area contributed by atoms with E-state index < -0.39 is 11.7 Å². The molecule has 0 radical (unpaired) electrons. The van der Waals surface area contributed by atoms with E-state index in [0.29, 0.717) is 10.8 Å². The molecule has 0 fully saturated rings. The van der Waals surface area contributed by atoms with Gasteiger partial charge in [-0.05, 0) is 36.8 Å². The Kier molecular flexibility index (Phi) is 5.39. The lowest BCUT2D eigenvalue weighted by molar-refractivity contribution is 0.101. The van der Waals surface area contributed by atoms with Crippen molar-refractivity contribution >= 4 is 22.4 Å². The number of aryl methyl sites for hydroxylation is 1. The zero-order valence-electron chi connectivity index (χ0n) is 15.5. The van der Waals surface area contributed by atoms with Crippen molar-refractivity contribution in [3.8, 4) is 17.1 Å². The summed E-state index contributed by atoms with van der Waals surface area (Å²) in [5, 5.41) is 11.0. The first-order valence-corrected chi connectivity index (χ1v) is 9.86. The first-order chi connectivity index (χ1) is 14.2. The molecule has 0 saturated heterocycles. The lowest BCUT2D eigenvalue weighted by atomic mass is 10.2. The first-order valence-electron chi connectivity index (χ1n) is 9.05. The van der Waals surface area contributed by atoms with Crippen molar-refractivity contribution in [3.63, 3.8) is 0 Å². The lowest BCUT2D eigenvalue weighted by Crippen LogP contribution is -2.17. The molecule has 1 amide bonds. The molecule has 0 aliphatic carbocycles. The number of aromatic nitrogens is 5. The molecule has 4 rings (SSSR count). The third kappa shape index (κ3) is 4.04. The molecule has 9 heteroatoms. The van der Waals surface area contributed by atoms with Crippen molar-refractivity contribution in [3.05, 3.63) is 71.2 Å². The van der Waals surface area contributed by atoms with Crippen LogP contribution < -0.4 is 5.32 Å². The number of hydrogen-bond donors (Lipinski definition) is 1. The van der Waals surface area contributed by atoms with Gasteiger partial charge in [0, 0.05) is 11.1 Å². The van der Waals surface area contributed by atoms with Gasteiger partial charge in [0.05, 0.1) is 17.6 Å². The maximum atomic E-state index is 13.5. The van der Waals surface area contributed by atoms with E-state index in [0.717, 1.165) is 29.1 Å². The second kappa shape index (κ2) is 8.27. The molecule has 1 aromatic carbocycles. The predicted octanol–water partition coefficient (Wildman–Crippen LogP) is 4.13. The number of halogens is 1. The molecule has 0 aliphatic rings. The Labute approximate surface area is 170 Å². The van der Waals surface area contributed by atoms with Crippen LogP contribution in [-0.4, -0.2) is 30.9 Å². The number of benzene rings is 1. The van der Waals surface area contributed by atoms with Crippen LogP contribution in [0.3, 0.4) is 0 Å². The average Bonchev–Trinajstić information content (AvgIpc) is 3.36. The Balaban J connectivity index is 1.62. The lowest BCUT2D eigenvalue weighted by Gasteiger charge is -2.05. The van der Waals surface area contributed by atoms with Crippen molar-refractivity contribution in [1.29, 1.82) is 0 Å². The molecule has 0 unspecified atom stereocenters. The summed E-state index contributed by atoms with van der Waals surface area (Å²) in [7, 11) is 0. The van der Waals surface area contributed by atoms with Crippen molar-refractivity contribution in [2.24, 2.45) is 0 Å². The van der Waals surface area contributed by atoms with Crippen LogP contribution in [0.25, 0.3) is 17.1 Å². The average molecular weight is 408 g/mol. The summed E-state index contributed by atoms with van der Waals surface area (Å²) in [5.41, 5.74) is 2.12. The summed E-state index contributed by atoms with van der Waals surface area (Å²) >= 11 is 1.42. The molecule has 4 aromatic rings. The fourth-order valence-electron chi connectivity index (χ4n) is 2.85. The Hall–Kier alpha value is -3.46. The summed E-state index contributed by atoms with van der Waals surface area (Å²) < 4.78 is 14.8. The minimum atomic E-state index is -0.427. The number of thiazole rings is 1. The van der Waals surface area contributed by atoms with Crippen LogP contribution in [0.1, 0.15) is 28.7 Å². The number of rotatable bonds is 6. The highest BCUT2D eigenvalue weighted by atomic mass is 32.1. The van der Waals surface area contributed by atoms with Crippen molar-refractivity contribution < 1.29 is 9.18 Å². The number of nitrogens with one attached hydrogen (secondary N) is 1. The van der Waals surface area contributed by atoms with E-state index >= 15 is 0 Å². The second-order valence-corrected chi connectivity index (χ2v) is 7.30. The molecule has 0 spiro atoms. The SMILES string of the molecule is CCCc1sc(NC(=O)c2cnnn2-c2cccc(F)c2)nc1-c1ccccn1. The van der Waals surface area contributed by atoms with E-state index in [1.54, 1.807) is 18.3 Å². The Bertz CT molecular complexity index is 1140. The van der Waals surface area contributed by atoms with Gasteiger partial charge in [0.25, 0.3) is 5.91 Å². The standard InChI is InChI=1S/C20H17FN6OS/c1-2-6-17-18(15-9-3-4-10-22-15)24-20(29-17)25-19(28)16-12-23-26-27(16)14-8-5-7-13(21)11-14/h3-5,7-12H,2,6H2,1H3,(H,24,25,28). The highest BCUT2D eigenvalue weighted by Gasteiger charge is 2.19. The van der Waals surface area contributed by atoms with Crippen molar-refractivity contribution in [1.82, 2.24) is 25.0 Å². The molecule has 29 heavy (non-hydrogen) atoms. The van der Waals surface area contributed by atoms with Crippen LogP contribution in [0.15, 0.2) is 54.9 Å². The van der Waals surface area contributed by atoms with E-state index in [9.17, 15) is 9.18 Å². The molecule has 7 nitrogen and oxygen atoms in total.